The molecule has 2 aromatic rings. The molecule has 5 nitrogen and oxygen atoms in total. The Morgan fingerprint density at radius 1 is 1.20 bits per heavy atom. The molecule has 0 amide bonds. The van der Waals surface area contributed by atoms with Crippen molar-refractivity contribution in [3.05, 3.63) is 42.1 Å². The van der Waals surface area contributed by atoms with Crippen molar-refractivity contribution in [3.63, 3.8) is 0 Å². The number of carbonyl (C=O) groups is 1. The first-order valence-electron chi connectivity index (χ1n) is 5.36. The van der Waals surface area contributed by atoms with E-state index < -0.39 is 17.8 Å². The van der Waals surface area contributed by atoms with Crippen LogP contribution in [0.25, 0.3) is 11.3 Å². The lowest BCUT2D eigenvalue weighted by Gasteiger charge is -2.07. The number of halogens is 3. The van der Waals surface area contributed by atoms with Crippen molar-refractivity contribution in [2.45, 2.75) is 6.18 Å². The van der Waals surface area contributed by atoms with Gasteiger partial charge >= 0.3 is 12.1 Å². The SMILES string of the molecule is COC(=O)c1ccc(-c2cncc(C(F)(F)F)n2)cn1. The zero-order valence-corrected chi connectivity index (χ0v) is 10.2. The van der Waals surface area contributed by atoms with Crippen LogP contribution in [0.1, 0.15) is 16.2 Å². The fourth-order valence-electron chi connectivity index (χ4n) is 1.41. The number of hydrogen-bond acceptors (Lipinski definition) is 5. The number of carbonyl (C=O) groups excluding carboxylic acids is 1. The van der Waals surface area contributed by atoms with Crippen LogP contribution in [-0.2, 0) is 10.9 Å². The summed E-state index contributed by atoms with van der Waals surface area (Å²) in [5.41, 5.74) is -0.705. The summed E-state index contributed by atoms with van der Waals surface area (Å²) >= 11 is 0. The molecule has 0 bridgehead atoms. The smallest absolute Gasteiger partial charge is 0.434 e. The molecule has 2 rings (SSSR count). The fraction of sp³-hybridized carbons (Fsp3) is 0.167. The number of methoxy groups -OCH3 is 1. The topological polar surface area (TPSA) is 65.0 Å². The lowest BCUT2D eigenvalue weighted by Crippen LogP contribution is -2.09. The zero-order chi connectivity index (χ0) is 14.8. The van der Waals surface area contributed by atoms with Gasteiger partial charge in [0.2, 0.25) is 0 Å². The van der Waals surface area contributed by atoms with Gasteiger partial charge < -0.3 is 4.74 Å². The van der Waals surface area contributed by atoms with E-state index in [0.29, 0.717) is 11.8 Å². The molecule has 2 heterocycles. The van der Waals surface area contributed by atoms with Crippen molar-refractivity contribution in [1.29, 1.82) is 0 Å². The summed E-state index contributed by atoms with van der Waals surface area (Å²) in [6, 6.07) is 2.76. The molecule has 0 fully saturated rings. The molecule has 0 aliphatic carbocycles. The lowest BCUT2D eigenvalue weighted by molar-refractivity contribution is -0.141. The van der Waals surface area contributed by atoms with Crippen LogP contribution in [0.15, 0.2) is 30.7 Å². The Labute approximate surface area is 111 Å². The number of hydrogen-bond donors (Lipinski definition) is 0. The molecule has 0 unspecified atom stereocenters. The molecule has 0 saturated carbocycles. The van der Waals surface area contributed by atoms with E-state index in [1.807, 2.05) is 0 Å². The molecule has 20 heavy (non-hydrogen) atoms. The first-order valence-corrected chi connectivity index (χ1v) is 5.36. The van der Waals surface area contributed by atoms with E-state index in [1.165, 1.54) is 31.6 Å². The van der Waals surface area contributed by atoms with Gasteiger partial charge in [0, 0.05) is 11.8 Å². The van der Waals surface area contributed by atoms with Gasteiger partial charge in [0.25, 0.3) is 0 Å². The second-order valence-electron chi connectivity index (χ2n) is 3.71. The quantitative estimate of drug-likeness (QED) is 0.791. The summed E-state index contributed by atoms with van der Waals surface area (Å²) in [5, 5.41) is 0. The molecule has 0 aromatic carbocycles. The molecule has 2 aromatic heterocycles. The Hall–Kier alpha value is -2.51. The summed E-state index contributed by atoms with van der Waals surface area (Å²) in [6.07, 6.45) is -1.51. The predicted molar refractivity (Wildman–Crippen MR) is 61.6 cm³/mol. The number of rotatable bonds is 2. The Bertz CT molecular complexity index is 627. The van der Waals surface area contributed by atoms with E-state index >= 15 is 0 Å². The minimum Gasteiger partial charge on any atom is -0.464 e. The number of ether oxygens (including phenoxy) is 1. The third-order valence-electron chi connectivity index (χ3n) is 2.38. The maximum Gasteiger partial charge on any atom is 0.434 e. The summed E-state index contributed by atoms with van der Waals surface area (Å²) in [5.74, 6) is -0.633. The highest BCUT2D eigenvalue weighted by molar-refractivity contribution is 5.87. The van der Waals surface area contributed by atoms with Gasteiger partial charge in [0.15, 0.2) is 5.69 Å². The Balaban J connectivity index is 2.35. The van der Waals surface area contributed by atoms with Crippen molar-refractivity contribution >= 4 is 5.97 Å². The van der Waals surface area contributed by atoms with Gasteiger partial charge in [-0.05, 0) is 12.1 Å². The maximum absolute atomic E-state index is 12.5. The first-order chi connectivity index (χ1) is 9.41. The van der Waals surface area contributed by atoms with E-state index in [4.69, 9.17) is 0 Å². The Kier molecular flexibility index (Phi) is 3.64. The average molecular weight is 283 g/mol. The van der Waals surface area contributed by atoms with Gasteiger partial charge in [-0.1, -0.05) is 0 Å². The van der Waals surface area contributed by atoms with Crippen LogP contribution in [0, 0.1) is 0 Å². The second-order valence-corrected chi connectivity index (χ2v) is 3.71. The van der Waals surface area contributed by atoms with Crippen molar-refractivity contribution in [2.24, 2.45) is 0 Å². The molecule has 0 N–H and O–H groups in total. The van der Waals surface area contributed by atoms with Crippen LogP contribution in [0.3, 0.4) is 0 Å². The van der Waals surface area contributed by atoms with Crippen molar-refractivity contribution in [2.75, 3.05) is 7.11 Å². The van der Waals surface area contributed by atoms with Crippen LogP contribution in [0.2, 0.25) is 0 Å². The van der Waals surface area contributed by atoms with E-state index in [1.54, 1.807) is 0 Å². The summed E-state index contributed by atoms with van der Waals surface area (Å²) in [7, 11) is 1.20. The average Bonchev–Trinajstić information content (AvgIpc) is 2.46. The highest BCUT2D eigenvalue weighted by Gasteiger charge is 2.33. The molecular weight excluding hydrogens is 275 g/mol. The number of esters is 1. The molecular formula is C12H8F3N3O2. The number of nitrogens with zero attached hydrogens (tertiary/aromatic N) is 3. The van der Waals surface area contributed by atoms with E-state index in [9.17, 15) is 18.0 Å². The minimum atomic E-state index is -4.57. The first kappa shape index (κ1) is 13.9. The minimum absolute atomic E-state index is 0.0174. The number of alkyl halides is 3. The van der Waals surface area contributed by atoms with Crippen molar-refractivity contribution < 1.29 is 22.7 Å². The normalized spacial score (nSPS) is 11.2. The predicted octanol–water partition coefficient (Wildman–Crippen LogP) is 2.34. The Morgan fingerprint density at radius 2 is 1.95 bits per heavy atom. The molecule has 0 aliphatic heterocycles. The monoisotopic (exact) mass is 283 g/mol. The Morgan fingerprint density at radius 3 is 2.50 bits per heavy atom. The third kappa shape index (κ3) is 2.90. The molecule has 0 spiro atoms. The van der Waals surface area contributed by atoms with Crippen LogP contribution >= 0.6 is 0 Å². The van der Waals surface area contributed by atoms with Gasteiger partial charge in [-0.25, -0.2) is 14.8 Å². The highest BCUT2D eigenvalue weighted by Crippen LogP contribution is 2.28. The van der Waals surface area contributed by atoms with Crippen LogP contribution in [-0.4, -0.2) is 28.0 Å². The summed E-state index contributed by atoms with van der Waals surface area (Å²) in [6.45, 7) is 0. The van der Waals surface area contributed by atoms with Gasteiger partial charge in [-0.2, -0.15) is 13.2 Å². The molecule has 0 saturated heterocycles. The van der Waals surface area contributed by atoms with E-state index in [-0.39, 0.29) is 11.4 Å². The van der Waals surface area contributed by atoms with Gasteiger partial charge in [0.1, 0.15) is 5.69 Å². The van der Waals surface area contributed by atoms with Crippen molar-refractivity contribution in [3.8, 4) is 11.3 Å². The second kappa shape index (κ2) is 5.24. The molecule has 8 heteroatoms. The number of pyridine rings is 1. The zero-order valence-electron chi connectivity index (χ0n) is 10.2. The molecule has 104 valence electrons. The summed E-state index contributed by atoms with van der Waals surface area (Å²) < 4.78 is 42.0. The maximum atomic E-state index is 12.5. The lowest BCUT2D eigenvalue weighted by atomic mass is 10.2. The van der Waals surface area contributed by atoms with Crippen molar-refractivity contribution in [1.82, 2.24) is 15.0 Å². The van der Waals surface area contributed by atoms with Gasteiger partial charge in [-0.3, -0.25) is 4.98 Å². The molecule has 0 atom stereocenters. The fourth-order valence-corrected chi connectivity index (χ4v) is 1.41. The van der Waals surface area contributed by atoms with E-state index in [2.05, 4.69) is 19.7 Å². The highest BCUT2D eigenvalue weighted by atomic mass is 19.4. The van der Waals surface area contributed by atoms with Crippen LogP contribution < -0.4 is 0 Å². The van der Waals surface area contributed by atoms with Crippen LogP contribution in [0.4, 0.5) is 13.2 Å². The largest absolute Gasteiger partial charge is 0.464 e. The standard InChI is InChI=1S/C12H8F3N3O2/c1-20-11(19)8-3-2-7(4-17-8)9-5-16-6-10(18-9)12(13,14)15/h2-6H,1H3. The summed E-state index contributed by atoms with van der Waals surface area (Å²) in [4.78, 5) is 21.9. The van der Waals surface area contributed by atoms with E-state index in [0.717, 1.165) is 0 Å². The third-order valence-corrected chi connectivity index (χ3v) is 2.38. The van der Waals surface area contributed by atoms with Gasteiger partial charge in [0.05, 0.1) is 25.2 Å². The van der Waals surface area contributed by atoms with Gasteiger partial charge in [-0.15, -0.1) is 0 Å². The molecule has 0 aliphatic rings. The molecule has 0 radical (unpaired) electrons. The number of aromatic nitrogens is 3. The van der Waals surface area contributed by atoms with Crippen LogP contribution in [0.5, 0.6) is 0 Å².